The summed E-state index contributed by atoms with van der Waals surface area (Å²) in [6.07, 6.45) is -3.57. The Morgan fingerprint density at radius 3 is 2.25 bits per heavy atom. The Hall–Kier alpha value is -3.07. The van der Waals surface area contributed by atoms with Crippen molar-refractivity contribution in [2.24, 2.45) is 0 Å². The summed E-state index contributed by atoms with van der Waals surface area (Å²) in [5, 5.41) is 0. The molecule has 4 rings (SSSR count). The SMILES string of the molecule is Cc1c(OCC(=O)N(C)C)ccc([C@H](C)N2C[C@@H]3C[C@H]2CN3C(=O)c2ccc(C(F)(F)F)cc2)c1C. The smallest absolute Gasteiger partial charge is 0.416 e. The van der Waals surface area contributed by atoms with E-state index in [4.69, 9.17) is 4.74 Å². The van der Waals surface area contributed by atoms with Gasteiger partial charge < -0.3 is 14.5 Å². The molecular formula is C27H32F3N3O3. The van der Waals surface area contributed by atoms with Crippen molar-refractivity contribution in [2.45, 2.75) is 51.5 Å². The number of alkyl halides is 3. The second-order valence-corrected chi connectivity index (χ2v) is 9.93. The largest absolute Gasteiger partial charge is 0.483 e. The monoisotopic (exact) mass is 503 g/mol. The van der Waals surface area contributed by atoms with Gasteiger partial charge in [0.15, 0.2) is 6.61 Å². The second-order valence-electron chi connectivity index (χ2n) is 9.93. The predicted molar refractivity (Wildman–Crippen MR) is 130 cm³/mol. The predicted octanol–water partition coefficient (Wildman–Crippen LogP) is 4.45. The molecule has 2 aromatic rings. The molecule has 2 saturated heterocycles. The highest BCUT2D eigenvalue weighted by Crippen LogP contribution is 2.39. The number of benzene rings is 2. The molecule has 2 heterocycles. The van der Waals surface area contributed by atoms with Gasteiger partial charge in [0.25, 0.3) is 11.8 Å². The van der Waals surface area contributed by atoms with E-state index >= 15 is 0 Å². The number of fused-ring (bicyclic) bond motifs is 2. The average molecular weight is 504 g/mol. The van der Waals surface area contributed by atoms with E-state index in [1.165, 1.54) is 22.6 Å². The summed E-state index contributed by atoms with van der Waals surface area (Å²) in [6, 6.07) is 8.75. The number of nitrogens with zero attached hydrogens (tertiary/aromatic N) is 3. The van der Waals surface area contributed by atoms with Crippen LogP contribution in [0.25, 0.3) is 0 Å². The minimum atomic E-state index is -4.42. The first kappa shape index (κ1) is 26.0. The number of likely N-dealkylation sites (N-methyl/N-ethyl adjacent to an activating group) is 1. The molecule has 36 heavy (non-hydrogen) atoms. The number of hydrogen-bond donors (Lipinski definition) is 0. The number of carbonyl (C=O) groups excluding carboxylic acids is 2. The van der Waals surface area contributed by atoms with Crippen LogP contribution in [0.1, 0.15) is 52.0 Å². The van der Waals surface area contributed by atoms with Crippen LogP contribution in [-0.2, 0) is 11.0 Å². The first-order valence-corrected chi connectivity index (χ1v) is 12.1. The molecule has 2 fully saturated rings. The molecule has 6 nitrogen and oxygen atoms in total. The number of halogens is 3. The van der Waals surface area contributed by atoms with Crippen molar-refractivity contribution in [3.8, 4) is 5.75 Å². The van der Waals surface area contributed by atoms with Crippen molar-refractivity contribution in [1.29, 1.82) is 0 Å². The quantitative estimate of drug-likeness (QED) is 0.585. The van der Waals surface area contributed by atoms with E-state index in [9.17, 15) is 22.8 Å². The van der Waals surface area contributed by atoms with E-state index in [2.05, 4.69) is 18.7 Å². The van der Waals surface area contributed by atoms with Crippen LogP contribution in [0.15, 0.2) is 36.4 Å². The molecule has 0 radical (unpaired) electrons. The number of likely N-dealkylation sites (tertiary alicyclic amines) is 2. The standard InChI is InChI=1S/C27H32F3N3O3/c1-16-17(2)24(36-15-25(34)31(4)5)11-10-23(16)18(3)32-13-22-12-21(32)14-33(22)26(35)19-6-8-20(9-7-19)27(28,29)30/h6-11,18,21-22H,12-15H2,1-5H3/t18-,21-,22-/m0/s1. The lowest BCUT2D eigenvalue weighted by atomic mass is 9.96. The highest BCUT2D eigenvalue weighted by molar-refractivity contribution is 5.94. The van der Waals surface area contributed by atoms with Crippen molar-refractivity contribution < 1.29 is 27.5 Å². The molecule has 194 valence electrons. The van der Waals surface area contributed by atoms with Crippen LogP contribution in [0.5, 0.6) is 5.75 Å². The highest BCUT2D eigenvalue weighted by Gasteiger charge is 2.47. The van der Waals surface area contributed by atoms with Crippen LogP contribution in [-0.4, -0.2) is 72.4 Å². The van der Waals surface area contributed by atoms with Crippen LogP contribution >= 0.6 is 0 Å². The third kappa shape index (κ3) is 4.93. The van der Waals surface area contributed by atoms with Gasteiger partial charge in [-0.05, 0) is 74.2 Å². The molecule has 0 spiro atoms. The van der Waals surface area contributed by atoms with Crippen LogP contribution in [0, 0.1) is 13.8 Å². The van der Waals surface area contributed by atoms with Gasteiger partial charge in [0, 0.05) is 50.9 Å². The second kappa shape index (κ2) is 9.76. The van der Waals surface area contributed by atoms with Crippen molar-refractivity contribution in [2.75, 3.05) is 33.8 Å². The van der Waals surface area contributed by atoms with E-state index in [1.807, 2.05) is 19.1 Å². The maximum atomic E-state index is 13.0. The molecule has 0 aromatic heterocycles. The molecule has 2 amide bonds. The number of amides is 2. The van der Waals surface area contributed by atoms with Crippen LogP contribution in [0.3, 0.4) is 0 Å². The molecule has 2 aromatic carbocycles. The molecule has 2 bridgehead atoms. The molecule has 0 aliphatic carbocycles. The normalized spacial score (nSPS) is 20.5. The third-order valence-electron chi connectivity index (χ3n) is 7.58. The molecular weight excluding hydrogens is 471 g/mol. The minimum Gasteiger partial charge on any atom is -0.483 e. The van der Waals surface area contributed by atoms with Gasteiger partial charge in [-0.25, -0.2) is 0 Å². The van der Waals surface area contributed by atoms with Crippen molar-refractivity contribution in [3.63, 3.8) is 0 Å². The van der Waals surface area contributed by atoms with Crippen LogP contribution < -0.4 is 4.74 Å². The zero-order valence-electron chi connectivity index (χ0n) is 21.2. The Labute approximate surface area is 209 Å². The van der Waals surface area contributed by atoms with Crippen LogP contribution in [0.4, 0.5) is 13.2 Å². The summed E-state index contributed by atoms with van der Waals surface area (Å²) in [6.45, 7) is 7.45. The maximum absolute atomic E-state index is 13.0. The van der Waals surface area contributed by atoms with Gasteiger partial charge in [0.2, 0.25) is 0 Å². The van der Waals surface area contributed by atoms with Crippen LogP contribution in [0.2, 0.25) is 0 Å². The summed E-state index contributed by atoms with van der Waals surface area (Å²) in [5.41, 5.74) is 2.80. The maximum Gasteiger partial charge on any atom is 0.416 e. The fourth-order valence-corrected chi connectivity index (χ4v) is 5.26. The Bertz CT molecular complexity index is 1150. The zero-order valence-corrected chi connectivity index (χ0v) is 21.2. The van der Waals surface area contributed by atoms with Gasteiger partial charge >= 0.3 is 6.18 Å². The summed E-state index contributed by atoms with van der Waals surface area (Å²) in [5.74, 6) is 0.368. The van der Waals surface area contributed by atoms with Gasteiger partial charge in [0.05, 0.1) is 5.56 Å². The van der Waals surface area contributed by atoms with E-state index < -0.39 is 11.7 Å². The number of ether oxygens (including phenoxy) is 1. The first-order valence-electron chi connectivity index (χ1n) is 12.1. The summed E-state index contributed by atoms with van der Waals surface area (Å²) >= 11 is 0. The molecule has 0 N–H and O–H groups in total. The van der Waals surface area contributed by atoms with E-state index in [1.54, 1.807) is 19.0 Å². The lowest BCUT2D eigenvalue weighted by Crippen LogP contribution is -2.49. The minimum absolute atomic E-state index is 0.0130. The van der Waals surface area contributed by atoms with Gasteiger partial charge in [-0.15, -0.1) is 0 Å². The van der Waals surface area contributed by atoms with Crippen molar-refractivity contribution >= 4 is 11.8 Å². The zero-order chi connectivity index (χ0) is 26.4. The first-order chi connectivity index (χ1) is 16.9. The van der Waals surface area contributed by atoms with Gasteiger partial charge in [-0.1, -0.05) is 6.07 Å². The van der Waals surface area contributed by atoms with Crippen molar-refractivity contribution in [3.05, 3.63) is 64.2 Å². The lowest BCUT2D eigenvalue weighted by Gasteiger charge is -2.38. The van der Waals surface area contributed by atoms with Gasteiger partial charge in [-0.2, -0.15) is 13.2 Å². The van der Waals surface area contributed by atoms with Crippen molar-refractivity contribution in [1.82, 2.24) is 14.7 Å². The summed E-state index contributed by atoms with van der Waals surface area (Å²) < 4.78 is 44.3. The highest BCUT2D eigenvalue weighted by atomic mass is 19.4. The molecule has 2 aliphatic rings. The number of carbonyl (C=O) groups is 2. The van der Waals surface area contributed by atoms with E-state index in [0.717, 1.165) is 29.7 Å². The topological polar surface area (TPSA) is 53.1 Å². The third-order valence-corrected chi connectivity index (χ3v) is 7.58. The number of rotatable bonds is 6. The molecule has 9 heteroatoms. The van der Waals surface area contributed by atoms with E-state index in [0.29, 0.717) is 18.8 Å². The molecule has 0 saturated carbocycles. The Morgan fingerprint density at radius 1 is 1.03 bits per heavy atom. The number of piperazine rings is 1. The lowest BCUT2D eigenvalue weighted by molar-refractivity contribution is -0.137. The fourth-order valence-electron chi connectivity index (χ4n) is 5.26. The van der Waals surface area contributed by atoms with Gasteiger partial charge in [-0.3, -0.25) is 14.5 Å². The molecule has 2 aliphatic heterocycles. The fraction of sp³-hybridized carbons (Fsp3) is 0.481. The van der Waals surface area contributed by atoms with Gasteiger partial charge in [0.1, 0.15) is 5.75 Å². The summed E-state index contributed by atoms with van der Waals surface area (Å²) in [7, 11) is 3.38. The summed E-state index contributed by atoms with van der Waals surface area (Å²) in [4.78, 5) is 30.6. The average Bonchev–Trinajstić information content (AvgIpc) is 3.44. The Kier molecular flexibility index (Phi) is 7.05. The molecule has 0 unspecified atom stereocenters. The van der Waals surface area contributed by atoms with E-state index in [-0.39, 0.29) is 42.1 Å². The number of hydrogen-bond acceptors (Lipinski definition) is 4. The molecule has 3 atom stereocenters. The Morgan fingerprint density at radius 2 is 1.69 bits per heavy atom. The Balaban J connectivity index is 1.42.